The molecule has 0 N–H and O–H groups in total. The van der Waals surface area contributed by atoms with E-state index in [9.17, 15) is 4.79 Å². The lowest BCUT2D eigenvalue weighted by Crippen LogP contribution is -2.17. The third-order valence-electron chi connectivity index (χ3n) is 2.80. The van der Waals surface area contributed by atoms with Gasteiger partial charge in [-0.1, -0.05) is 24.3 Å². The summed E-state index contributed by atoms with van der Waals surface area (Å²) in [5.74, 6) is -0.276. The van der Waals surface area contributed by atoms with Crippen LogP contribution in [0.1, 0.15) is 37.9 Å². The van der Waals surface area contributed by atoms with Crippen LogP contribution in [-0.2, 0) is 9.53 Å². The molecule has 0 saturated heterocycles. The van der Waals surface area contributed by atoms with Crippen LogP contribution in [0.2, 0.25) is 0 Å². The van der Waals surface area contributed by atoms with Gasteiger partial charge in [-0.2, -0.15) is 0 Å². The Kier molecular flexibility index (Phi) is 6.39. The first-order chi connectivity index (χ1) is 9.42. The highest BCUT2D eigenvalue weighted by molar-refractivity contribution is 7.09. The maximum absolute atomic E-state index is 11.2. The molecule has 0 radical (unpaired) electrons. The van der Waals surface area contributed by atoms with Gasteiger partial charge in [-0.15, -0.1) is 11.3 Å². The van der Waals surface area contributed by atoms with E-state index in [1.54, 1.807) is 17.4 Å². The second-order valence-corrected chi connectivity index (χ2v) is 5.73. The van der Waals surface area contributed by atoms with E-state index in [1.807, 2.05) is 38.3 Å². The molecule has 20 heavy (non-hydrogen) atoms. The minimum atomic E-state index is -0.276. The second kappa shape index (κ2) is 7.80. The molecule has 0 unspecified atom stereocenters. The first-order valence-corrected chi connectivity index (χ1v) is 7.37. The molecule has 3 nitrogen and oxygen atoms in total. The van der Waals surface area contributed by atoms with Crippen molar-refractivity contribution in [2.45, 2.75) is 40.2 Å². The summed E-state index contributed by atoms with van der Waals surface area (Å²) in [7, 11) is 0. The number of hydrogen-bond donors (Lipinski definition) is 0. The van der Waals surface area contributed by atoms with Gasteiger partial charge in [-0.25, -0.2) is 4.98 Å². The minimum Gasteiger partial charge on any atom is -0.458 e. The first-order valence-electron chi connectivity index (χ1n) is 6.49. The summed E-state index contributed by atoms with van der Waals surface area (Å²) in [5, 5.41) is 3.02. The fourth-order valence-corrected chi connectivity index (χ4v) is 2.25. The number of rotatable bonds is 6. The predicted octanol–water partition coefficient (Wildman–Crippen LogP) is 4.31. The van der Waals surface area contributed by atoms with Gasteiger partial charge in [0.25, 0.3) is 0 Å². The van der Waals surface area contributed by atoms with Crippen LogP contribution in [-0.4, -0.2) is 17.1 Å². The molecule has 1 rings (SSSR count). The Hall–Kier alpha value is -1.68. The van der Waals surface area contributed by atoms with Crippen molar-refractivity contribution in [3.8, 4) is 0 Å². The molecule has 1 aromatic rings. The molecule has 0 saturated carbocycles. The molecule has 1 aromatic heterocycles. The topological polar surface area (TPSA) is 39.2 Å². The average Bonchev–Trinajstić information content (AvgIpc) is 2.78. The Morgan fingerprint density at radius 2 is 2.20 bits per heavy atom. The van der Waals surface area contributed by atoms with Gasteiger partial charge in [0.15, 0.2) is 0 Å². The van der Waals surface area contributed by atoms with Gasteiger partial charge in [-0.3, -0.25) is 4.79 Å². The maximum atomic E-state index is 11.2. The number of esters is 1. The lowest BCUT2D eigenvalue weighted by atomic mass is 10.1. The van der Waals surface area contributed by atoms with E-state index in [2.05, 4.69) is 11.6 Å². The molecule has 0 fully saturated rings. The highest BCUT2D eigenvalue weighted by Gasteiger charge is 2.13. The van der Waals surface area contributed by atoms with Gasteiger partial charge < -0.3 is 4.74 Å². The zero-order chi connectivity index (χ0) is 15.1. The number of nitrogens with zero attached hydrogens (tertiary/aromatic N) is 1. The van der Waals surface area contributed by atoms with E-state index < -0.39 is 0 Å². The van der Waals surface area contributed by atoms with Crippen LogP contribution in [0.3, 0.4) is 0 Å². The minimum absolute atomic E-state index is 0.260. The number of ether oxygens (including phenoxy) is 1. The van der Waals surface area contributed by atoms with Crippen LogP contribution in [0.5, 0.6) is 0 Å². The number of aromatic nitrogens is 1. The summed E-state index contributed by atoms with van der Waals surface area (Å²) >= 11 is 1.61. The number of aryl methyl sites for hydroxylation is 1. The van der Waals surface area contributed by atoms with Crippen LogP contribution >= 0.6 is 11.3 Å². The predicted molar refractivity (Wildman–Crippen MR) is 84.6 cm³/mol. The molecule has 108 valence electrons. The summed E-state index contributed by atoms with van der Waals surface area (Å²) in [6, 6.07) is 0. The van der Waals surface area contributed by atoms with E-state index in [0.29, 0.717) is 6.42 Å². The first kappa shape index (κ1) is 16.4. The largest absolute Gasteiger partial charge is 0.458 e. The monoisotopic (exact) mass is 291 g/mol. The Balaban J connectivity index is 2.88. The van der Waals surface area contributed by atoms with E-state index in [0.717, 1.165) is 21.8 Å². The lowest BCUT2D eigenvalue weighted by molar-refractivity contribution is -0.144. The van der Waals surface area contributed by atoms with Crippen LogP contribution in [0, 0.1) is 6.92 Å². The van der Waals surface area contributed by atoms with Crippen molar-refractivity contribution >= 4 is 23.4 Å². The fourth-order valence-electron chi connectivity index (χ4n) is 1.68. The summed E-state index contributed by atoms with van der Waals surface area (Å²) in [6.45, 7) is 11.0. The molecule has 1 heterocycles. The van der Waals surface area contributed by atoms with E-state index in [1.165, 1.54) is 6.92 Å². The van der Waals surface area contributed by atoms with Gasteiger partial charge >= 0.3 is 5.97 Å². The molecular weight excluding hydrogens is 270 g/mol. The number of carbonyl (C=O) groups excluding carboxylic acids is 1. The van der Waals surface area contributed by atoms with E-state index in [-0.39, 0.29) is 12.1 Å². The van der Waals surface area contributed by atoms with Gasteiger partial charge in [-0.05, 0) is 32.4 Å². The molecule has 0 spiro atoms. The highest BCUT2D eigenvalue weighted by Crippen LogP contribution is 2.18. The molecule has 4 heteroatoms. The van der Waals surface area contributed by atoms with Gasteiger partial charge in [0, 0.05) is 18.7 Å². The highest BCUT2D eigenvalue weighted by atomic mass is 32.1. The molecule has 0 aromatic carbocycles. The molecule has 0 bridgehead atoms. The quantitative estimate of drug-likeness (QED) is 0.579. The SMILES string of the molecule is C=CC(C)=CC[C@H](OC(C)=O)C(C)=Cc1csc(C)n1. The number of thiazole rings is 1. The third kappa shape index (κ3) is 5.53. The summed E-state index contributed by atoms with van der Waals surface area (Å²) in [5.41, 5.74) is 2.96. The summed E-state index contributed by atoms with van der Waals surface area (Å²) < 4.78 is 5.38. The summed E-state index contributed by atoms with van der Waals surface area (Å²) in [4.78, 5) is 15.6. The standard InChI is InChI=1S/C16H21NO2S/c1-6-11(2)7-8-16(19-14(5)18)12(3)9-15-10-20-13(4)17-15/h6-7,9-10,16H,1,8H2,2-5H3/t16-/m0/s1. The van der Waals surface area contributed by atoms with Crippen molar-refractivity contribution in [2.75, 3.05) is 0 Å². The smallest absolute Gasteiger partial charge is 0.303 e. The molecule has 0 aliphatic rings. The number of hydrogen-bond acceptors (Lipinski definition) is 4. The van der Waals surface area contributed by atoms with Gasteiger partial charge in [0.05, 0.1) is 10.7 Å². The summed E-state index contributed by atoms with van der Waals surface area (Å²) in [6.07, 6.45) is 6.15. The van der Waals surface area contributed by atoms with Crippen LogP contribution in [0.15, 0.2) is 35.3 Å². The second-order valence-electron chi connectivity index (χ2n) is 4.67. The Bertz CT molecular complexity index is 540. The van der Waals surface area contributed by atoms with Crippen molar-refractivity contribution in [2.24, 2.45) is 0 Å². The van der Waals surface area contributed by atoms with Crippen molar-refractivity contribution in [3.05, 3.63) is 46.0 Å². The molecule has 1 atom stereocenters. The van der Waals surface area contributed by atoms with Crippen LogP contribution < -0.4 is 0 Å². The molecule has 0 amide bonds. The van der Waals surface area contributed by atoms with Crippen molar-refractivity contribution in [1.82, 2.24) is 4.98 Å². The number of allylic oxidation sites excluding steroid dienone is 2. The molecule has 0 aliphatic carbocycles. The normalized spacial score (nSPS) is 14.0. The van der Waals surface area contributed by atoms with Gasteiger partial charge in [0.1, 0.15) is 6.10 Å². The van der Waals surface area contributed by atoms with Crippen molar-refractivity contribution in [1.29, 1.82) is 0 Å². The molecular formula is C16H21NO2S. The Labute approximate surface area is 124 Å². The average molecular weight is 291 g/mol. The van der Waals surface area contributed by atoms with Crippen LogP contribution in [0.4, 0.5) is 0 Å². The van der Waals surface area contributed by atoms with Crippen LogP contribution in [0.25, 0.3) is 6.08 Å². The zero-order valence-corrected chi connectivity index (χ0v) is 13.3. The van der Waals surface area contributed by atoms with Gasteiger partial charge in [0.2, 0.25) is 0 Å². The number of carbonyl (C=O) groups is 1. The maximum Gasteiger partial charge on any atom is 0.303 e. The van der Waals surface area contributed by atoms with E-state index >= 15 is 0 Å². The van der Waals surface area contributed by atoms with Crippen molar-refractivity contribution < 1.29 is 9.53 Å². The lowest BCUT2D eigenvalue weighted by Gasteiger charge is -2.16. The van der Waals surface area contributed by atoms with Crippen molar-refractivity contribution in [3.63, 3.8) is 0 Å². The zero-order valence-electron chi connectivity index (χ0n) is 12.5. The fraction of sp³-hybridized carbons (Fsp3) is 0.375. The Morgan fingerprint density at radius 3 is 2.70 bits per heavy atom. The van der Waals surface area contributed by atoms with E-state index in [4.69, 9.17) is 4.74 Å². The molecule has 0 aliphatic heterocycles. The third-order valence-corrected chi connectivity index (χ3v) is 3.60. The Morgan fingerprint density at radius 1 is 1.50 bits per heavy atom.